The van der Waals surface area contributed by atoms with E-state index in [2.05, 4.69) is 29.9 Å². The second-order valence-corrected chi connectivity index (χ2v) is 3.26. The van der Waals surface area contributed by atoms with Crippen molar-refractivity contribution in [1.82, 2.24) is 10.6 Å². The van der Waals surface area contributed by atoms with Crippen molar-refractivity contribution in [1.29, 1.82) is 0 Å². The minimum absolute atomic E-state index is 0.283. The molecule has 0 aliphatic carbocycles. The lowest BCUT2D eigenvalue weighted by molar-refractivity contribution is 0.633. The van der Waals surface area contributed by atoms with Gasteiger partial charge in [0.05, 0.1) is 6.04 Å². The Labute approximate surface area is 86.1 Å². The Kier molecular flexibility index (Phi) is 4.20. The lowest BCUT2D eigenvalue weighted by Gasteiger charge is -2.13. The molecule has 0 saturated carbocycles. The molecule has 0 aromatic rings. The predicted molar refractivity (Wildman–Crippen MR) is 62.0 cm³/mol. The standard InChI is InChI=1S/C12H18N2/c1-4-7-10-8-13-9-11(5-2)14-12(10)6-3/h4-7,11,13-14H,2-3,8-9H2,1H3/b7-4-. The molecule has 1 aliphatic heterocycles. The molecule has 0 bridgehead atoms. The smallest absolute Gasteiger partial charge is 0.0566 e. The minimum atomic E-state index is 0.283. The van der Waals surface area contributed by atoms with E-state index in [0.29, 0.717) is 0 Å². The van der Waals surface area contributed by atoms with Crippen molar-refractivity contribution < 1.29 is 0 Å². The first-order chi connectivity index (χ1) is 6.81. The number of nitrogens with one attached hydrogen (secondary N) is 2. The Hall–Kier alpha value is -1.28. The minimum Gasteiger partial charge on any atom is -0.377 e. The monoisotopic (exact) mass is 190 g/mol. The van der Waals surface area contributed by atoms with Gasteiger partial charge in [0, 0.05) is 18.8 Å². The van der Waals surface area contributed by atoms with E-state index in [9.17, 15) is 0 Å². The summed E-state index contributed by atoms with van der Waals surface area (Å²) in [5.41, 5.74) is 2.34. The summed E-state index contributed by atoms with van der Waals surface area (Å²) in [5, 5.41) is 6.74. The van der Waals surface area contributed by atoms with Crippen LogP contribution in [0.3, 0.4) is 0 Å². The van der Waals surface area contributed by atoms with Gasteiger partial charge in [-0.3, -0.25) is 0 Å². The first-order valence-electron chi connectivity index (χ1n) is 4.90. The fourth-order valence-electron chi connectivity index (χ4n) is 1.48. The van der Waals surface area contributed by atoms with Crippen LogP contribution >= 0.6 is 0 Å². The van der Waals surface area contributed by atoms with Gasteiger partial charge in [-0.25, -0.2) is 0 Å². The molecule has 1 atom stereocenters. The van der Waals surface area contributed by atoms with Gasteiger partial charge in [-0.2, -0.15) is 0 Å². The highest BCUT2D eigenvalue weighted by atomic mass is 15.0. The summed E-state index contributed by atoms with van der Waals surface area (Å²) in [4.78, 5) is 0. The van der Waals surface area contributed by atoms with Crippen molar-refractivity contribution in [2.75, 3.05) is 13.1 Å². The van der Waals surface area contributed by atoms with Gasteiger partial charge in [0.15, 0.2) is 0 Å². The molecule has 1 heterocycles. The van der Waals surface area contributed by atoms with Gasteiger partial charge < -0.3 is 10.6 Å². The fourth-order valence-corrected chi connectivity index (χ4v) is 1.48. The molecule has 0 amide bonds. The summed E-state index contributed by atoms with van der Waals surface area (Å²) in [5.74, 6) is 0. The Bertz CT molecular complexity index is 274. The zero-order chi connectivity index (χ0) is 10.4. The topological polar surface area (TPSA) is 24.1 Å². The number of hydrogen-bond acceptors (Lipinski definition) is 2. The number of rotatable bonds is 3. The van der Waals surface area contributed by atoms with E-state index < -0.39 is 0 Å². The summed E-state index contributed by atoms with van der Waals surface area (Å²) < 4.78 is 0. The maximum atomic E-state index is 3.81. The molecule has 0 radical (unpaired) electrons. The third-order valence-corrected chi connectivity index (χ3v) is 2.22. The van der Waals surface area contributed by atoms with Crippen LogP contribution in [-0.2, 0) is 0 Å². The van der Waals surface area contributed by atoms with Crippen molar-refractivity contribution in [3.63, 3.8) is 0 Å². The van der Waals surface area contributed by atoms with Crippen LogP contribution in [-0.4, -0.2) is 19.1 Å². The molecule has 1 rings (SSSR count). The SMILES string of the molecule is C=CC1=C(/C=C\C)CNCC(C=C)N1. The van der Waals surface area contributed by atoms with Crippen molar-refractivity contribution in [2.24, 2.45) is 0 Å². The average Bonchev–Trinajstić information content (AvgIpc) is 2.40. The van der Waals surface area contributed by atoms with Crippen LogP contribution in [0.15, 0.2) is 48.7 Å². The molecule has 2 heteroatoms. The van der Waals surface area contributed by atoms with E-state index in [-0.39, 0.29) is 6.04 Å². The maximum Gasteiger partial charge on any atom is 0.0566 e. The van der Waals surface area contributed by atoms with E-state index in [4.69, 9.17) is 0 Å². The van der Waals surface area contributed by atoms with Crippen LogP contribution in [0.5, 0.6) is 0 Å². The molecular weight excluding hydrogens is 172 g/mol. The van der Waals surface area contributed by atoms with Gasteiger partial charge in [-0.1, -0.05) is 24.8 Å². The Morgan fingerprint density at radius 3 is 2.79 bits per heavy atom. The second-order valence-electron chi connectivity index (χ2n) is 3.26. The van der Waals surface area contributed by atoms with Gasteiger partial charge in [0.25, 0.3) is 0 Å². The second kappa shape index (κ2) is 5.45. The quantitative estimate of drug-likeness (QED) is 0.663. The van der Waals surface area contributed by atoms with E-state index in [0.717, 1.165) is 18.8 Å². The molecule has 0 aromatic carbocycles. The van der Waals surface area contributed by atoms with Crippen LogP contribution in [0.4, 0.5) is 0 Å². The average molecular weight is 190 g/mol. The Morgan fingerprint density at radius 1 is 1.43 bits per heavy atom. The van der Waals surface area contributed by atoms with E-state index in [1.54, 1.807) is 0 Å². The van der Waals surface area contributed by atoms with Crippen molar-refractivity contribution in [2.45, 2.75) is 13.0 Å². The zero-order valence-corrected chi connectivity index (χ0v) is 8.72. The van der Waals surface area contributed by atoms with Crippen LogP contribution in [0.25, 0.3) is 0 Å². The summed E-state index contributed by atoms with van der Waals surface area (Å²) >= 11 is 0. The molecule has 2 N–H and O–H groups in total. The molecular formula is C12H18N2. The van der Waals surface area contributed by atoms with Gasteiger partial charge in [0.1, 0.15) is 0 Å². The summed E-state index contributed by atoms with van der Waals surface area (Å²) in [6.45, 7) is 11.4. The van der Waals surface area contributed by atoms with Crippen molar-refractivity contribution >= 4 is 0 Å². The molecule has 0 saturated heterocycles. The van der Waals surface area contributed by atoms with Crippen molar-refractivity contribution in [3.8, 4) is 0 Å². The molecule has 76 valence electrons. The highest BCUT2D eigenvalue weighted by Gasteiger charge is 2.11. The van der Waals surface area contributed by atoms with Gasteiger partial charge in [-0.05, 0) is 18.6 Å². The Balaban J connectivity index is 2.89. The normalized spacial score (nSPS) is 23.1. The summed E-state index contributed by atoms with van der Waals surface area (Å²) in [6, 6.07) is 0.283. The van der Waals surface area contributed by atoms with Crippen LogP contribution in [0.2, 0.25) is 0 Å². The van der Waals surface area contributed by atoms with E-state index in [1.807, 2.05) is 25.2 Å². The van der Waals surface area contributed by atoms with E-state index >= 15 is 0 Å². The summed E-state index contributed by atoms with van der Waals surface area (Å²) in [7, 11) is 0. The highest BCUT2D eigenvalue weighted by molar-refractivity contribution is 5.34. The molecule has 1 unspecified atom stereocenters. The van der Waals surface area contributed by atoms with Crippen LogP contribution < -0.4 is 10.6 Å². The summed E-state index contributed by atoms with van der Waals surface area (Å²) in [6.07, 6.45) is 7.91. The highest BCUT2D eigenvalue weighted by Crippen LogP contribution is 2.08. The first-order valence-corrected chi connectivity index (χ1v) is 4.90. The molecule has 14 heavy (non-hydrogen) atoms. The van der Waals surface area contributed by atoms with Crippen LogP contribution in [0.1, 0.15) is 6.92 Å². The van der Waals surface area contributed by atoms with Gasteiger partial charge in [-0.15, -0.1) is 6.58 Å². The molecule has 0 fully saturated rings. The predicted octanol–water partition coefficient (Wildman–Crippen LogP) is 1.75. The molecule has 1 aliphatic rings. The van der Waals surface area contributed by atoms with Gasteiger partial charge >= 0.3 is 0 Å². The molecule has 0 spiro atoms. The third kappa shape index (κ3) is 2.60. The third-order valence-electron chi connectivity index (χ3n) is 2.22. The zero-order valence-electron chi connectivity index (χ0n) is 8.72. The van der Waals surface area contributed by atoms with Crippen LogP contribution in [0, 0.1) is 0 Å². The molecule has 0 aromatic heterocycles. The maximum absolute atomic E-state index is 3.81. The molecule has 2 nitrogen and oxygen atoms in total. The van der Waals surface area contributed by atoms with E-state index in [1.165, 1.54) is 5.57 Å². The van der Waals surface area contributed by atoms with Gasteiger partial charge in [0.2, 0.25) is 0 Å². The largest absolute Gasteiger partial charge is 0.377 e. The number of allylic oxidation sites excluding steroid dienone is 2. The van der Waals surface area contributed by atoms with Crippen molar-refractivity contribution in [3.05, 3.63) is 48.7 Å². The first kappa shape index (κ1) is 10.8. The Morgan fingerprint density at radius 2 is 2.21 bits per heavy atom. The fraction of sp³-hybridized carbons (Fsp3) is 0.333. The number of hydrogen-bond donors (Lipinski definition) is 2. The lowest BCUT2D eigenvalue weighted by atomic mass is 10.2. The lowest BCUT2D eigenvalue weighted by Crippen LogP contribution is -2.33.